The molecular weight excluding hydrogens is 320 g/mol. The zero-order valence-electron chi connectivity index (χ0n) is 13.0. The number of anilines is 1. The molecule has 0 atom stereocenters. The molecule has 0 radical (unpaired) electrons. The fourth-order valence-electron chi connectivity index (χ4n) is 2.89. The Balaban J connectivity index is 1.79. The monoisotopic (exact) mass is 340 g/mol. The van der Waals surface area contributed by atoms with Crippen molar-refractivity contribution in [2.24, 2.45) is 0 Å². The largest absolute Gasteiger partial charge is 0.355 e. The molecule has 8 heteroatoms. The summed E-state index contributed by atoms with van der Waals surface area (Å²) < 4.78 is 25.9. The minimum Gasteiger partial charge on any atom is -0.355 e. The van der Waals surface area contributed by atoms with Crippen molar-refractivity contribution < 1.29 is 8.42 Å². The first-order valence-corrected chi connectivity index (χ1v) is 9.97. The van der Waals surface area contributed by atoms with Crippen molar-refractivity contribution in [3.8, 4) is 0 Å². The Morgan fingerprint density at radius 2 is 2.00 bits per heavy atom. The lowest BCUT2D eigenvalue weighted by atomic mass is 10.1. The Hall–Kier alpha value is -1.25. The molecule has 2 aromatic rings. The molecule has 120 valence electrons. The lowest BCUT2D eigenvalue weighted by molar-refractivity contribution is 0.313. The Morgan fingerprint density at radius 3 is 2.64 bits per heavy atom. The minimum absolute atomic E-state index is 0.0775. The van der Waals surface area contributed by atoms with E-state index < -0.39 is 10.0 Å². The Kier molecular flexibility index (Phi) is 4.09. The van der Waals surface area contributed by atoms with Gasteiger partial charge in [-0.2, -0.15) is 0 Å². The van der Waals surface area contributed by atoms with Gasteiger partial charge in [0.1, 0.15) is 12.1 Å². The van der Waals surface area contributed by atoms with Crippen molar-refractivity contribution in [2.75, 3.05) is 31.3 Å². The maximum atomic E-state index is 11.7. The number of hydrogen-bond acceptors (Lipinski definition) is 6. The van der Waals surface area contributed by atoms with Crippen molar-refractivity contribution in [1.82, 2.24) is 14.3 Å². The summed E-state index contributed by atoms with van der Waals surface area (Å²) >= 11 is 1.67. The van der Waals surface area contributed by atoms with Crippen LogP contribution in [0.4, 0.5) is 5.82 Å². The smallest absolute Gasteiger partial charge is 0.211 e. The van der Waals surface area contributed by atoms with Gasteiger partial charge >= 0.3 is 0 Å². The summed E-state index contributed by atoms with van der Waals surface area (Å²) in [5.74, 6) is 0.976. The predicted molar refractivity (Wildman–Crippen MR) is 90.0 cm³/mol. The van der Waals surface area contributed by atoms with Crippen LogP contribution in [0.25, 0.3) is 10.2 Å². The molecule has 0 N–H and O–H groups in total. The molecule has 0 unspecified atom stereocenters. The van der Waals surface area contributed by atoms with Crippen molar-refractivity contribution in [3.05, 3.63) is 17.3 Å². The molecule has 1 aliphatic heterocycles. The van der Waals surface area contributed by atoms with Crippen LogP contribution in [-0.2, 0) is 10.0 Å². The van der Waals surface area contributed by atoms with Gasteiger partial charge in [0.2, 0.25) is 10.0 Å². The van der Waals surface area contributed by atoms with E-state index in [0.717, 1.165) is 42.0 Å². The number of rotatable bonds is 3. The first kappa shape index (κ1) is 15.6. The van der Waals surface area contributed by atoms with Crippen molar-refractivity contribution in [2.45, 2.75) is 25.8 Å². The van der Waals surface area contributed by atoms with Gasteiger partial charge in [0.05, 0.1) is 16.5 Å². The summed E-state index contributed by atoms with van der Waals surface area (Å²) in [6, 6.07) is 0.0775. The third-order valence-electron chi connectivity index (χ3n) is 4.31. The molecule has 1 fully saturated rings. The standard InChI is InChI=1S/C14H20N4O2S2/c1-10-8-21-13-12(10)15-9-16-14(13)18-6-4-11(5-7-18)17(2)22(3,19)20/h8-9,11H,4-7H2,1-3H3. The van der Waals surface area contributed by atoms with Gasteiger partial charge < -0.3 is 4.90 Å². The average Bonchev–Trinajstić information content (AvgIpc) is 2.87. The predicted octanol–water partition coefficient (Wildman–Crippen LogP) is 1.86. The molecular formula is C14H20N4O2S2. The Bertz CT molecular complexity index is 779. The van der Waals surface area contributed by atoms with Crippen LogP contribution < -0.4 is 4.90 Å². The van der Waals surface area contributed by atoms with Crippen LogP contribution in [-0.4, -0.2) is 55.1 Å². The SMILES string of the molecule is Cc1csc2c(N3CCC(N(C)S(C)(=O)=O)CC3)ncnc12. The fraction of sp³-hybridized carbons (Fsp3) is 0.571. The highest BCUT2D eigenvalue weighted by Gasteiger charge is 2.28. The van der Waals surface area contributed by atoms with Crippen LogP contribution in [0.3, 0.4) is 0 Å². The van der Waals surface area contributed by atoms with Gasteiger partial charge in [-0.05, 0) is 30.7 Å². The third-order valence-corrected chi connectivity index (χ3v) is 6.74. The van der Waals surface area contributed by atoms with Crippen molar-refractivity contribution in [1.29, 1.82) is 0 Å². The summed E-state index contributed by atoms with van der Waals surface area (Å²) in [6.45, 7) is 3.68. The minimum atomic E-state index is -3.12. The molecule has 0 amide bonds. The van der Waals surface area contributed by atoms with Crippen LogP contribution in [0.5, 0.6) is 0 Å². The van der Waals surface area contributed by atoms with E-state index in [1.165, 1.54) is 16.1 Å². The van der Waals surface area contributed by atoms with Crippen LogP contribution in [0.2, 0.25) is 0 Å². The average molecular weight is 340 g/mol. The first-order chi connectivity index (χ1) is 10.4. The second-order valence-corrected chi connectivity index (χ2v) is 8.71. The third kappa shape index (κ3) is 2.82. The van der Waals surface area contributed by atoms with Gasteiger partial charge in [0.15, 0.2) is 0 Å². The van der Waals surface area contributed by atoms with E-state index in [-0.39, 0.29) is 6.04 Å². The number of piperidine rings is 1. The molecule has 22 heavy (non-hydrogen) atoms. The Labute approximate surface area is 134 Å². The van der Waals surface area contributed by atoms with Gasteiger partial charge in [-0.25, -0.2) is 22.7 Å². The number of hydrogen-bond donors (Lipinski definition) is 0. The lowest BCUT2D eigenvalue weighted by Crippen LogP contribution is -2.45. The van der Waals surface area contributed by atoms with E-state index in [1.807, 2.05) is 0 Å². The first-order valence-electron chi connectivity index (χ1n) is 7.24. The number of aryl methyl sites for hydroxylation is 1. The van der Waals surface area contributed by atoms with E-state index >= 15 is 0 Å². The van der Waals surface area contributed by atoms with Crippen molar-refractivity contribution >= 4 is 37.4 Å². The molecule has 1 saturated heterocycles. The summed E-state index contributed by atoms with van der Waals surface area (Å²) in [4.78, 5) is 11.1. The summed E-state index contributed by atoms with van der Waals surface area (Å²) in [6.07, 6.45) is 4.52. The maximum absolute atomic E-state index is 11.7. The van der Waals surface area contributed by atoms with E-state index in [4.69, 9.17) is 0 Å². The van der Waals surface area contributed by atoms with Crippen LogP contribution in [0.1, 0.15) is 18.4 Å². The van der Waals surface area contributed by atoms with E-state index in [0.29, 0.717) is 0 Å². The number of fused-ring (bicyclic) bond motifs is 1. The summed E-state index contributed by atoms with van der Waals surface area (Å²) in [5, 5.41) is 2.10. The van der Waals surface area contributed by atoms with Gasteiger partial charge in [0, 0.05) is 26.2 Å². The topological polar surface area (TPSA) is 66.4 Å². The zero-order valence-corrected chi connectivity index (χ0v) is 14.6. The van der Waals surface area contributed by atoms with E-state index in [2.05, 4.69) is 27.2 Å². The summed E-state index contributed by atoms with van der Waals surface area (Å²) in [5.41, 5.74) is 2.20. The number of thiophene rings is 1. The highest BCUT2D eigenvalue weighted by atomic mass is 32.2. The van der Waals surface area contributed by atoms with Crippen LogP contribution in [0.15, 0.2) is 11.7 Å². The molecule has 0 aromatic carbocycles. The molecule has 0 bridgehead atoms. The van der Waals surface area contributed by atoms with Gasteiger partial charge in [-0.15, -0.1) is 11.3 Å². The second-order valence-electron chi connectivity index (χ2n) is 5.79. The molecule has 2 aromatic heterocycles. The lowest BCUT2D eigenvalue weighted by Gasteiger charge is -2.36. The van der Waals surface area contributed by atoms with Crippen LogP contribution in [0, 0.1) is 6.92 Å². The highest BCUT2D eigenvalue weighted by molar-refractivity contribution is 7.88. The highest BCUT2D eigenvalue weighted by Crippen LogP contribution is 2.32. The molecule has 0 saturated carbocycles. The van der Waals surface area contributed by atoms with E-state index in [1.54, 1.807) is 24.7 Å². The number of sulfonamides is 1. The van der Waals surface area contributed by atoms with Gasteiger partial charge in [-0.1, -0.05) is 0 Å². The molecule has 0 aliphatic carbocycles. The van der Waals surface area contributed by atoms with Gasteiger partial charge in [0.25, 0.3) is 0 Å². The quantitative estimate of drug-likeness (QED) is 0.853. The van der Waals surface area contributed by atoms with Crippen LogP contribution >= 0.6 is 11.3 Å². The second kappa shape index (κ2) is 5.75. The van der Waals surface area contributed by atoms with Gasteiger partial charge in [-0.3, -0.25) is 0 Å². The fourth-order valence-corrected chi connectivity index (χ4v) is 4.67. The zero-order chi connectivity index (χ0) is 15.9. The number of nitrogens with zero attached hydrogens (tertiary/aromatic N) is 4. The molecule has 1 aliphatic rings. The maximum Gasteiger partial charge on any atom is 0.211 e. The molecule has 0 spiro atoms. The van der Waals surface area contributed by atoms with Crippen molar-refractivity contribution in [3.63, 3.8) is 0 Å². The summed E-state index contributed by atoms with van der Waals surface area (Å²) in [7, 11) is -1.46. The normalized spacial score (nSPS) is 17.5. The molecule has 3 heterocycles. The Morgan fingerprint density at radius 1 is 1.32 bits per heavy atom. The molecule has 6 nitrogen and oxygen atoms in total. The molecule has 3 rings (SSSR count). The number of aromatic nitrogens is 2. The van der Waals surface area contributed by atoms with E-state index in [9.17, 15) is 8.42 Å².